The van der Waals surface area contributed by atoms with Crippen molar-refractivity contribution in [3.8, 4) is 17.1 Å². The van der Waals surface area contributed by atoms with E-state index >= 15 is 0 Å². The second-order valence-corrected chi connectivity index (χ2v) is 7.35. The summed E-state index contributed by atoms with van der Waals surface area (Å²) in [5.74, 6) is 1.61. The van der Waals surface area contributed by atoms with Gasteiger partial charge in [0.2, 0.25) is 5.36 Å². The van der Waals surface area contributed by atoms with Gasteiger partial charge in [-0.1, -0.05) is 6.07 Å². The maximum atomic E-state index is 9.06. The van der Waals surface area contributed by atoms with Crippen LogP contribution in [0.25, 0.3) is 22.3 Å². The van der Waals surface area contributed by atoms with E-state index in [2.05, 4.69) is 31.0 Å². The van der Waals surface area contributed by atoms with Gasteiger partial charge in [0, 0.05) is 18.6 Å². The predicted octanol–water partition coefficient (Wildman–Crippen LogP) is -2.67. The molecule has 0 aliphatic rings. The van der Waals surface area contributed by atoms with E-state index in [0.717, 1.165) is 33.4 Å². The number of nitrogens with one attached hydrogen (secondary N) is 1. The van der Waals surface area contributed by atoms with Gasteiger partial charge >= 0.3 is 0 Å². The van der Waals surface area contributed by atoms with Crippen molar-refractivity contribution in [2.24, 2.45) is 0 Å². The van der Waals surface area contributed by atoms with Gasteiger partial charge < -0.3 is 14.3 Å². The number of fused-ring (bicyclic) bond motifs is 1. The Balaban J connectivity index is 0.000000575. The highest BCUT2D eigenvalue weighted by Gasteiger charge is 2.12. The Morgan fingerprint density at radius 3 is 2.23 bits per heavy atom. The summed E-state index contributed by atoms with van der Waals surface area (Å²) in [6.45, 7) is 5.05. The van der Waals surface area contributed by atoms with E-state index in [1.807, 2.05) is 30.3 Å². The molecular weight excluding hydrogens is 414 g/mol. The van der Waals surface area contributed by atoms with Crippen molar-refractivity contribution < 1.29 is 48.1 Å². The van der Waals surface area contributed by atoms with Crippen molar-refractivity contribution in [3.63, 3.8) is 0 Å². The predicted molar refractivity (Wildman–Crippen MR) is 98.3 cm³/mol. The molecule has 2 aromatic carbocycles. The fourth-order valence-corrected chi connectivity index (χ4v) is 3.04. The smallest absolute Gasteiger partial charge is 0.213 e. The average Bonchev–Trinajstić information content (AvgIpc) is 2.66. The molecule has 3 rings (SSSR count). The van der Waals surface area contributed by atoms with Crippen LogP contribution < -0.4 is 33.7 Å². The third-order valence-electron chi connectivity index (χ3n) is 4.23. The highest BCUT2D eigenvalue weighted by molar-refractivity contribution is 5.82. The zero-order valence-electron chi connectivity index (χ0n) is 16.9. The number of ether oxygens (including phenoxy) is 1. The van der Waals surface area contributed by atoms with Crippen molar-refractivity contribution >= 4 is 11.0 Å². The number of aryl methyl sites for hydroxylation is 2. The molecule has 0 saturated carbocycles. The standard InChI is InChI=1S/C21H23NO3.ClHO4/c1-14-11-15(2)21-18(22-9-4-10-23)13-19(25-20(21)12-14)16-5-7-17(24-3)8-6-16;2-1(3,4)5/h5-8,11-13,23H,4,9-10H2,1-3H3;(H,2,3,4,5). The molecule has 0 aliphatic heterocycles. The second-order valence-electron chi connectivity index (χ2n) is 6.59. The van der Waals surface area contributed by atoms with Crippen LogP contribution in [0.5, 0.6) is 5.75 Å². The van der Waals surface area contributed by atoms with Gasteiger partial charge in [-0.15, -0.1) is 10.2 Å². The van der Waals surface area contributed by atoms with Crippen LogP contribution >= 0.6 is 0 Å². The molecule has 8 nitrogen and oxygen atoms in total. The fourth-order valence-electron chi connectivity index (χ4n) is 3.04. The highest BCUT2D eigenvalue weighted by atomic mass is 35.7. The number of aliphatic hydroxyl groups excluding tert-OH is 1. The van der Waals surface area contributed by atoms with Crippen molar-refractivity contribution in [3.05, 3.63) is 58.9 Å². The summed E-state index contributed by atoms with van der Waals surface area (Å²) < 4.78 is 45.4. The fraction of sp³-hybridized carbons (Fsp3) is 0.286. The Bertz CT molecular complexity index is 1030. The SMILES string of the molecule is COc1ccc(-c2cc(=[NH+]CCCO)c3c(C)cc(C)cc3o2)cc1.[O-][Cl+3]([O-])([O-])[O-]. The molecule has 0 radical (unpaired) electrons. The first-order valence-electron chi connectivity index (χ1n) is 9.11. The zero-order chi connectivity index (χ0) is 22.3. The van der Waals surface area contributed by atoms with E-state index < -0.39 is 10.2 Å². The molecule has 0 atom stereocenters. The number of hydrogen-bond acceptors (Lipinski definition) is 7. The molecule has 0 bridgehead atoms. The second kappa shape index (κ2) is 10.5. The van der Waals surface area contributed by atoms with Gasteiger partial charge in [0.25, 0.3) is 0 Å². The van der Waals surface area contributed by atoms with Crippen molar-refractivity contribution in [1.82, 2.24) is 0 Å². The van der Waals surface area contributed by atoms with Crippen molar-refractivity contribution in [2.75, 3.05) is 20.3 Å². The van der Waals surface area contributed by atoms with E-state index in [-0.39, 0.29) is 6.61 Å². The zero-order valence-corrected chi connectivity index (χ0v) is 17.7. The Kier molecular flexibility index (Phi) is 8.36. The van der Waals surface area contributed by atoms with E-state index in [1.54, 1.807) is 7.11 Å². The molecule has 2 N–H and O–H groups in total. The van der Waals surface area contributed by atoms with Crippen LogP contribution in [0.1, 0.15) is 17.5 Å². The van der Waals surface area contributed by atoms with Gasteiger partial charge in [0.1, 0.15) is 23.6 Å². The molecule has 0 fully saturated rings. The summed E-state index contributed by atoms with van der Waals surface area (Å²) in [4.78, 5) is 3.44. The van der Waals surface area contributed by atoms with Gasteiger partial charge in [-0.25, -0.2) is 23.6 Å². The largest absolute Gasteiger partial charge is 0.497 e. The van der Waals surface area contributed by atoms with Gasteiger partial charge in [0.05, 0.1) is 18.6 Å². The Labute approximate surface area is 176 Å². The van der Waals surface area contributed by atoms with Crippen LogP contribution in [0.4, 0.5) is 0 Å². The molecule has 0 spiro atoms. The van der Waals surface area contributed by atoms with Crippen LogP contribution in [0.15, 0.2) is 46.9 Å². The summed E-state index contributed by atoms with van der Waals surface area (Å²) in [6.07, 6.45) is 0.705. The summed E-state index contributed by atoms with van der Waals surface area (Å²) >= 11 is 0. The normalized spacial score (nSPS) is 11.9. The van der Waals surface area contributed by atoms with Crippen LogP contribution in [0, 0.1) is 24.1 Å². The van der Waals surface area contributed by atoms with Crippen LogP contribution in [-0.4, -0.2) is 25.4 Å². The number of halogens is 1. The molecule has 30 heavy (non-hydrogen) atoms. The Morgan fingerprint density at radius 1 is 1.03 bits per heavy atom. The molecule has 9 heteroatoms. The number of aliphatic hydroxyl groups is 1. The quantitative estimate of drug-likeness (QED) is 0.413. The topological polar surface area (TPSA) is 149 Å². The van der Waals surface area contributed by atoms with Gasteiger partial charge in [0.15, 0.2) is 0 Å². The number of methoxy groups -OCH3 is 1. The van der Waals surface area contributed by atoms with E-state index in [1.165, 1.54) is 11.1 Å². The average molecular weight is 438 g/mol. The molecule has 0 amide bonds. The van der Waals surface area contributed by atoms with Crippen molar-refractivity contribution in [1.29, 1.82) is 0 Å². The minimum atomic E-state index is -4.94. The lowest BCUT2D eigenvalue weighted by Crippen LogP contribution is -2.76. The number of hydrogen-bond donors (Lipinski definition) is 2. The lowest BCUT2D eigenvalue weighted by Gasteiger charge is -2.17. The molecule has 0 aliphatic carbocycles. The van der Waals surface area contributed by atoms with Gasteiger partial charge in [-0.05, 0) is 55.3 Å². The summed E-state index contributed by atoms with van der Waals surface area (Å²) in [7, 11) is -3.29. The first-order chi connectivity index (χ1) is 14.1. The Morgan fingerprint density at radius 2 is 1.67 bits per heavy atom. The molecular formula is C21H24ClNO7. The Hall–Kier alpha value is -2.46. The molecule has 3 aromatic rings. The van der Waals surface area contributed by atoms with Crippen molar-refractivity contribution in [2.45, 2.75) is 20.3 Å². The minimum Gasteiger partial charge on any atom is -0.497 e. The maximum Gasteiger partial charge on any atom is 0.213 e. The van der Waals surface area contributed by atoms with Crippen LogP contribution in [0.2, 0.25) is 0 Å². The molecule has 1 aromatic heterocycles. The molecule has 162 valence electrons. The summed E-state index contributed by atoms with van der Waals surface area (Å²) in [6, 6.07) is 14.1. The van der Waals surface area contributed by atoms with Gasteiger partial charge in [-0.2, -0.15) is 0 Å². The van der Waals surface area contributed by atoms with E-state index in [4.69, 9.17) is 32.9 Å². The molecule has 1 heterocycles. The number of rotatable bonds is 5. The van der Waals surface area contributed by atoms with E-state index in [0.29, 0.717) is 13.0 Å². The monoisotopic (exact) mass is 437 g/mol. The van der Waals surface area contributed by atoms with Crippen LogP contribution in [0.3, 0.4) is 0 Å². The minimum absolute atomic E-state index is 0.172. The molecule has 0 saturated heterocycles. The summed E-state index contributed by atoms with van der Waals surface area (Å²) in [5.41, 5.74) is 4.19. The third-order valence-corrected chi connectivity index (χ3v) is 4.23. The lowest BCUT2D eigenvalue weighted by atomic mass is 10.0. The van der Waals surface area contributed by atoms with E-state index in [9.17, 15) is 0 Å². The molecule has 0 unspecified atom stereocenters. The third kappa shape index (κ3) is 7.10. The lowest BCUT2D eigenvalue weighted by molar-refractivity contribution is -2.00. The highest BCUT2D eigenvalue weighted by Crippen LogP contribution is 2.25. The van der Waals surface area contributed by atoms with Crippen LogP contribution in [-0.2, 0) is 0 Å². The first-order valence-corrected chi connectivity index (χ1v) is 10.3. The maximum absolute atomic E-state index is 9.06. The number of benzene rings is 2. The first kappa shape index (κ1) is 23.8. The van der Waals surface area contributed by atoms with Gasteiger partial charge in [-0.3, -0.25) is 0 Å². The summed E-state index contributed by atoms with van der Waals surface area (Å²) in [5, 5.41) is 11.2.